The summed E-state index contributed by atoms with van der Waals surface area (Å²) >= 11 is 0. The van der Waals surface area contributed by atoms with Crippen molar-refractivity contribution in [1.82, 2.24) is 9.97 Å². The quantitative estimate of drug-likeness (QED) is 0.901. The fourth-order valence-electron chi connectivity index (χ4n) is 3.01. The van der Waals surface area contributed by atoms with Crippen molar-refractivity contribution in [1.29, 1.82) is 0 Å². The van der Waals surface area contributed by atoms with Crippen LogP contribution < -0.4 is 5.32 Å². The first-order valence-corrected chi connectivity index (χ1v) is 7.46. The lowest BCUT2D eigenvalue weighted by atomic mass is 9.86. The second-order valence-corrected chi connectivity index (χ2v) is 5.76. The molecule has 1 aliphatic rings. The monoisotopic (exact) mass is 291 g/mol. The van der Waals surface area contributed by atoms with Gasteiger partial charge in [-0.1, -0.05) is 31.9 Å². The second kappa shape index (κ2) is 5.92. The number of fused-ring (bicyclic) bond motifs is 1. The fourth-order valence-corrected chi connectivity index (χ4v) is 3.01. The number of benzene rings is 1. The van der Waals surface area contributed by atoms with E-state index in [4.69, 9.17) is 0 Å². The van der Waals surface area contributed by atoms with E-state index in [0.717, 1.165) is 11.8 Å². The molecule has 2 unspecified atom stereocenters. The maximum Gasteiger partial charge on any atom is 0.297 e. The highest BCUT2D eigenvalue weighted by molar-refractivity contribution is 5.89. The van der Waals surface area contributed by atoms with Gasteiger partial charge in [-0.2, -0.15) is 0 Å². The highest BCUT2D eigenvalue weighted by Gasteiger charge is 2.23. The third-order valence-electron chi connectivity index (χ3n) is 4.25. The predicted molar refractivity (Wildman–Crippen MR) is 79.5 cm³/mol. The zero-order valence-corrected chi connectivity index (χ0v) is 12.0. The molecule has 1 N–H and O–H groups in total. The number of alkyl halides is 2. The number of nitrogens with one attached hydrogen (secondary N) is 1. The second-order valence-electron chi connectivity index (χ2n) is 5.76. The minimum Gasteiger partial charge on any atom is -0.366 e. The van der Waals surface area contributed by atoms with Gasteiger partial charge < -0.3 is 5.32 Å². The number of hydrogen-bond acceptors (Lipinski definition) is 3. The molecule has 2 atom stereocenters. The normalized spacial score (nSPS) is 22.7. The van der Waals surface area contributed by atoms with Crippen molar-refractivity contribution < 1.29 is 8.78 Å². The average molecular weight is 291 g/mol. The fraction of sp³-hybridized carbons (Fsp3) is 0.500. The van der Waals surface area contributed by atoms with Crippen LogP contribution in [0, 0.1) is 5.92 Å². The summed E-state index contributed by atoms with van der Waals surface area (Å²) in [4.78, 5) is 8.00. The Balaban J connectivity index is 1.99. The van der Waals surface area contributed by atoms with E-state index in [2.05, 4.69) is 22.2 Å². The molecule has 2 aromatic rings. The maximum absolute atomic E-state index is 13.0. The van der Waals surface area contributed by atoms with Crippen LogP contribution in [0.3, 0.4) is 0 Å². The Morgan fingerprint density at radius 2 is 1.90 bits per heavy atom. The first kappa shape index (κ1) is 14.2. The highest BCUT2D eigenvalue weighted by Crippen LogP contribution is 2.30. The molecule has 1 aliphatic carbocycles. The number of aromatic nitrogens is 2. The highest BCUT2D eigenvalue weighted by atomic mass is 19.3. The van der Waals surface area contributed by atoms with Crippen molar-refractivity contribution in [3.63, 3.8) is 0 Å². The van der Waals surface area contributed by atoms with Gasteiger partial charge in [-0.25, -0.2) is 18.7 Å². The summed E-state index contributed by atoms with van der Waals surface area (Å²) in [7, 11) is 0. The summed E-state index contributed by atoms with van der Waals surface area (Å²) in [6.07, 6.45) is 1.99. The van der Waals surface area contributed by atoms with Crippen LogP contribution in [-0.2, 0) is 0 Å². The predicted octanol–water partition coefficient (Wildman–Crippen LogP) is 4.56. The number of rotatable bonds is 3. The molecular formula is C16H19F2N3. The molecule has 3 nitrogen and oxygen atoms in total. The van der Waals surface area contributed by atoms with E-state index in [-0.39, 0.29) is 0 Å². The zero-order chi connectivity index (χ0) is 14.8. The van der Waals surface area contributed by atoms with E-state index < -0.39 is 12.2 Å². The molecule has 0 radical (unpaired) electrons. The van der Waals surface area contributed by atoms with Gasteiger partial charge in [0.1, 0.15) is 5.82 Å². The zero-order valence-electron chi connectivity index (χ0n) is 12.0. The van der Waals surface area contributed by atoms with Gasteiger partial charge in [-0.3, -0.25) is 0 Å². The number of para-hydroxylation sites is 1. The van der Waals surface area contributed by atoms with Gasteiger partial charge in [0.25, 0.3) is 6.43 Å². The maximum atomic E-state index is 13.0. The van der Waals surface area contributed by atoms with Crippen LogP contribution >= 0.6 is 0 Å². The van der Waals surface area contributed by atoms with E-state index in [1.54, 1.807) is 12.1 Å². The van der Waals surface area contributed by atoms with E-state index >= 15 is 0 Å². The summed E-state index contributed by atoms with van der Waals surface area (Å²) < 4.78 is 26.0. The molecule has 3 rings (SSSR count). The Morgan fingerprint density at radius 3 is 2.67 bits per heavy atom. The molecule has 1 aromatic heterocycles. The van der Waals surface area contributed by atoms with Crippen molar-refractivity contribution in [2.45, 2.75) is 45.1 Å². The summed E-state index contributed by atoms with van der Waals surface area (Å²) in [5.74, 6) is 0.664. The molecule has 0 spiro atoms. The standard InChI is InChI=1S/C16H19F2N3/c1-10-6-2-4-8-12(10)19-15-11-7-3-5-9-13(11)20-16(21-15)14(17)18/h3,5,7,9-10,12,14H,2,4,6,8H2,1H3,(H,19,20,21). The summed E-state index contributed by atoms with van der Waals surface area (Å²) in [6, 6.07) is 7.60. The molecule has 21 heavy (non-hydrogen) atoms. The lowest BCUT2D eigenvalue weighted by Gasteiger charge is -2.30. The molecule has 1 saturated carbocycles. The Bertz CT molecular complexity index is 630. The van der Waals surface area contributed by atoms with Gasteiger partial charge in [0, 0.05) is 11.4 Å². The van der Waals surface area contributed by atoms with E-state index in [9.17, 15) is 8.78 Å². The van der Waals surface area contributed by atoms with Gasteiger partial charge >= 0.3 is 0 Å². The van der Waals surface area contributed by atoms with Gasteiger partial charge in [-0.05, 0) is 30.9 Å². The van der Waals surface area contributed by atoms with Crippen LogP contribution in [0.25, 0.3) is 10.9 Å². The van der Waals surface area contributed by atoms with Crippen LogP contribution in [0.2, 0.25) is 0 Å². The lowest BCUT2D eigenvalue weighted by molar-refractivity contribution is 0.141. The molecule has 112 valence electrons. The van der Waals surface area contributed by atoms with Crippen molar-refractivity contribution in [2.24, 2.45) is 5.92 Å². The van der Waals surface area contributed by atoms with Gasteiger partial charge in [0.05, 0.1) is 5.52 Å². The number of halogens is 2. The SMILES string of the molecule is CC1CCCCC1Nc1nc(C(F)F)nc2ccccc12. The molecule has 5 heteroatoms. The van der Waals surface area contributed by atoms with E-state index in [1.807, 2.05) is 12.1 Å². The summed E-state index contributed by atoms with van der Waals surface area (Å²) in [5, 5.41) is 4.19. The largest absolute Gasteiger partial charge is 0.366 e. The minimum absolute atomic E-state index is 0.294. The molecule has 0 aliphatic heterocycles. The van der Waals surface area contributed by atoms with Crippen LogP contribution in [-0.4, -0.2) is 16.0 Å². The molecular weight excluding hydrogens is 272 g/mol. The molecule has 1 aromatic carbocycles. The Morgan fingerprint density at radius 1 is 1.14 bits per heavy atom. The van der Waals surface area contributed by atoms with E-state index in [0.29, 0.717) is 23.3 Å². The topological polar surface area (TPSA) is 37.8 Å². The summed E-state index contributed by atoms with van der Waals surface area (Å²) in [6.45, 7) is 2.20. The molecule has 0 saturated heterocycles. The number of nitrogens with zero attached hydrogens (tertiary/aromatic N) is 2. The average Bonchev–Trinajstić information content (AvgIpc) is 2.49. The van der Waals surface area contributed by atoms with Crippen LogP contribution in [0.4, 0.5) is 14.6 Å². The molecule has 0 amide bonds. The van der Waals surface area contributed by atoms with Gasteiger partial charge in [-0.15, -0.1) is 0 Å². The Hall–Kier alpha value is -1.78. The third-order valence-corrected chi connectivity index (χ3v) is 4.25. The first-order valence-electron chi connectivity index (χ1n) is 7.46. The number of hydrogen-bond donors (Lipinski definition) is 1. The van der Waals surface area contributed by atoms with Crippen molar-refractivity contribution >= 4 is 16.7 Å². The molecule has 0 bridgehead atoms. The van der Waals surface area contributed by atoms with Crippen molar-refractivity contribution in [3.8, 4) is 0 Å². The Kier molecular flexibility index (Phi) is 3.99. The van der Waals surface area contributed by atoms with Crippen LogP contribution in [0.15, 0.2) is 24.3 Å². The minimum atomic E-state index is -2.65. The van der Waals surface area contributed by atoms with Crippen molar-refractivity contribution in [2.75, 3.05) is 5.32 Å². The molecule has 1 fully saturated rings. The van der Waals surface area contributed by atoms with Gasteiger partial charge in [0.15, 0.2) is 5.82 Å². The first-order chi connectivity index (χ1) is 10.1. The lowest BCUT2D eigenvalue weighted by Crippen LogP contribution is -2.31. The smallest absolute Gasteiger partial charge is 0.297 e. The van der Waals surface area contributed by atoms with Gasteiger partial charge in [0.2, 0.25) is 0 Å². The molecule has 1 heterocycles. The van der Waals surface area contributed by atoms with Crippen molar-refractivity contribution in [3.05, 3.63) is 30.1 Å². The third kappa shape index (κ3) is 2.96. The van der Waals surface area contributed by atoms with E-state index in [1.165, 1.54) is 19.3 Å². The Labute approximate surface area is 122 Å². The summed E-state index contributed by atoms with van der Waals surface area (Å²) in [5.41, 5.74) is 0.564. The van der Waals surface area contributed by atoms with Crippen LogP contribution in [0.5, 0.6) is 0 Å². The number of anilines is 1. The van der Waals surface area contributed by atoms with Crippen LogP contribution in [0.1, 0.15) is 44.9 Å².